The van der Waals surface area contributed by atoms with Crippen LogP contribution in [-0.4, -0.2) is 34.8 Å². The van der Waals surface area contributed by atoms with Crippen molar-refractivity contribution in [1.82, 2.24) is 0 Å². The number of phenolic OH excluding ortho intramolecular Hbond substituents is 2. The van der Waals surface area contributed by atoms with Crippen LogP contribution in [0, 0.1) is 0 Å². The van der Waals surface area contributed by atoms with Gasteiger partial charge in [-0.3, -0.25) is 14.1 Å². The van der Waals surface area contributed by atoms with Crippen LogP contribution in [0.4, 0.5) is 5.69 Å². The zero-order chi connectivity index (χ0) is 17.1. The molecule has 1 aliphatic carbocycles. The third-order valence-electron chi connectivity index (χ3n) is 3.57. The fraction of sp³-hybridized carbons (Fsp3) is 0. The van der Waals surface area contributed by atoms with Gasteiger partial charge in [-0.05, 0) is 0 Å². The third kappa shape index (κ3) is 2.41. The van der Waals surface area contributed by atoms with E-state index in [9.17, 15) is 28.2 Å². The fourth-order valence-corrected chi connectivity index (χ4v) is 3.27. The number of phenols is 2. The summed E-state index contributed by atoms with van der Waals surface area (Å²) >= 11 is 0. The quantitative estimate of drug-likeness (QED) is 0.126. The number of hydrogen-bond acceptors (Lipinski definition) is 7. The second kappa shape index (κ2) is 5.87. The monoisotopic (exact) mass is 359 g/mol. The number of benzene rings is 2. The molecule has 8 nitrogen and oxygen atoms in total. The topological polar surface area (TPSA) is 155 Å². The molecule has 0 saturated heterocycles. The number of fused-ring (bicyclic) bond motifs is 2. The Hall–Kier alpha value is -1.91. The first-order chi connectivity index (χ1) is 10.7. The molecule has 0 saturated carbocycles. The maximum Gasteiger partial charge on any atom is 1.00 e. The molecule has 0 aromatic heterocycles. The number of nitrogen functional groups attached to an aromatic ring is 1. The zero-order valence-electron chi connectivity index (χ0n) is 13.3. The normalized spacial score (nSPS) is 13.0. The minimum Gasteiger partial charge on any atom is -1.00 e. The van der Waals surface area contributed by atoms with Gasteiger partial charge in [-0.1, -0.05) is 24.3 Å². The van der Waals surface area contributed by atoms with Gasteiger partial charge in [0.25, 0.3) is 0 Å². The Morgan fingerprint density at radius 1 is 0.917 bits per heavy atom. The van der Waals surface area contributed by atoms with Crippen molar-refractivity contribution < 1.29 is 63.8 Å². The number of carbonyl (C=O) groups excluding carboxylic acids is 2. The van der Waals surface area contributed by atoms with E-state index < -0.39 is 54.9 Å². The van der Waals surface area contributed by atoms with Crippen LogP contribution in [0.3, 0.4) is 0 Å². The van der Waals surface area contributed by atoms with E-state index in [0.717, 1.165) is 0 Å². The summed E-state index contributed by atoms with van der Waals surface area (Å²) in [7, 11) is -5.08. The van der Waals surface area contributed by atoms with Crippen LogP contribution in [0.15, 0.2) is 29.2 Å². The van der Waals surface area contributed by atoms with Crippen molar-refractivity contribution in [3.63, 3.8) is 0 Å². The summed E-state index contributed by atoms with van der Waals surface area (Å²) in [5, 5.41) is 19.9. The van der Waals surface area contributed by atoms with E-state index in [-0.39, 0.29) is 42.1 Å². The molecular weight excluding hydrogens is 349 g/mol. The average molecular weight is 359 g/mol. The summed E-state index contributed by atoms with van der Waals surface area (Å²) < 4.78 is 31.8. The second-order valence-electron chi connectivity index (χ2n) is 4.87. The van der Waals surface area contributed by atoms with Gasteiger partial charge in [-0.25, -0.2) is 0 Å². The van der Waals surface area contributed by atoms with Crippen molar-refractivity contribution in [2.75, 3.05) is 5.73 Å². The van der Waals surface area contributed by atoms with E-state index in [1.807, 2.05) is 0 Å². The van der Waals surface area contributed by atoms with Crippen LogP contribution in [0.25, 0.3) is 0 Å². The molecule has 120 valence electrons. The molecule has 0 aliphatic heterocycles. The maximum atomic E-state index is 12.5. The maximum absolute atomic E-state index is 12.5. The first-order valence-electron chi connectivity index (χ1n) is 6.19. The summed E-state index contributed by atoms with van der Waals surface area (Å²) in [4.78, 5) is 23.7. The van der Waals surface area contributed by atoms with Crippen molar-refractivity contribution in [1.29, 1.82) is 0 Å². The van der Waals surface area contributed by atoms with Gasteiger partial charge in [0.15, 0.2) is 28.0 Å². The molecule has 10 heteroatoms. The summed E-state index contributed by atoms with van der Waals surface area (Å²) in [5.41, 5.74) is 3.65. The Bertz CT molecular complexity index is 1020. The molecule has 0 atom stereocenters. The Balaban J connectivity index is 0.00000156. The van der Waals surface area contributed by atoms with Gasteiger partial charge in [-0.15, -0.1) is 0 Å². The number of ketones is 2. The van der Waals surface area contributed by atoms with Crippen LogP contribution < -0.4 is 35.3 Å². The van der Waals surface area contributed by atoms with Gasteiger partial charge in [0.1, 0.15) is 0 Å². The standard InChI is InChI=1S/C14H9NO7S.Na.H/c15-9-7-8(12(18)14(13(9)19)23(20,21)22)11(17)6-4-2-1-3-5(6)10(7)16;;/h1-4,18-19H,15H2,(H,20,21,22);;/q;+1;-1. The number of anilines is 1. The minimum atomic E-state index is -5.08. The van der Waals surface area contributed by atoms with Gasteiger partial charge in [-0.2, -0.15) is 8.42 Å². The van der Waals surface area contributed by atoms with Crippen molar-refractivity contribution in [2.24, 2.45) is 0 Å². The number of nitrogens with two attached hydrogens (primary N) is 1. The third-order valence-corrected chi connectivity index (χ3v) is 4.47. The summed E-state index contributed by atoms with van der Waals surface area (Å²) in [6.45, 7) is 0. The largest absolute Gasteiger partial charge is 1.00 e. The minimum absolute atomic E-state index is 0. The SMILES string of the molecule is Nc1c(O)c(S(=O)(=O)O)c(O)c2c1C(=O)c1ccccc1C2=O.[H-].[Na+]. The van der Waals surface area contributed by atoms with Gasteiger partial charge in [0.2, 0.25) is 0 Å². The van der Waals surface area contributed by atoms with Crippen molar-refractivity contribution in [3.8, 4) is 11.5 Å². The molecule has 0 bridgehead atoms. The van der Waals surface area contributed by atoms with Crippen LogP contribution in [-0.2, 0) is 10.1 Å². The van der Waals surface area contributed by atoms with Crippen LogP contribution in [0.1, 0.15) is 33.3 Å². The van der Waals surface area contributed by atoms with E-state index in [4.69, 9.17) is 10.3 Å². The van der Waals surface area contributed by atoms with E-state index in [1.165, 1.54) is 24.3 Å². The predicted molar refractivity (Wildman–Crippen MR) is 78.4 cm³/mol. The molecule has 2 aromatic rings. The molecule has 0 radical (unpaired) electrons. The van der Waals surface area contributed by atoms with Crippen LogP contribution in [0.5, 0.6) is 11.5 Å². The molecular formula is C14H10NNaO7S. The zero-order valence-corrected chi connectivity index (χ0v) is 15.1. The van der Waals surface area contributed by atoms with Crippen molar-refractivity contribution in [2.45, 2.75) is 4.90 Å². The molecule has 0 heterocycles. The second-order valence-corrected chi connectivity index (χ2v) is 6.23. The average Bonchev–Trinajstić information content (AvgIpc) is 2.47. The number of rotatable bonds is 1. The smallest absolute Gasteiger partial charge is 1.00 e. The summed E-state index contributed by atoms with van der Waals surface area (Å²) in [5.74, 6) is -4.00. The number of carbonyl (C=O) groups is 2. The first-order valence-corrected chi connectivity index (χ1v) is 7.63. The van der Waals surface area contributed by atoms with Crippen LogP contribution >= 0.6 is 0 Å². The molecule has 0 fully saturated rings. The molecule has 24 heavy (non-hydrogen) atoms. The Morgan fingerprint density at radius 2 is 1.38 bits per heavy atom. The van der Waals surface area contributed by atoms with Gasteiger partial charge >= 0.3 is 39.7 Å². The molecule has 0 amide bonds. The van der Waals surface area contributed by atoms with Crippen molar-refractivity contribution >= 4 is 27.4 Å². The predicted octanol–water partition coefficient (Wildman–Crippen LogP) is -2.18. The van der Waals surface area contributed by atoms with E-state index in [0.29, 0.717) is 0 Å². The van der Waals surface area contributed by atoms with E-state index in [1.54, 1.807) is 0 Å². The van der Waals surface area contributed by atoms with E-state index >= 15 is 0 Å². The molecule has 0 spiro atoms. The van der Waals surface area contributed by atoms with Crippen LogP contribution in [0.2, 0.25) is 0 Å². The Kier molecular flexibility index (Phi) is 4.51. The van der Waals surface area contributed by atoms with E-state index in [2.05, 4.69) is 0 Å². The van der Waals surface area contributed by atoms with Crippen molar-refractivity contribution in [3.05, 3.63) is 46.5 Å². The van der Waals surface area contributed by atoms with Gasteiger partial charge in [0.05, 0.1) is 16.8 Å². The summed E-state index contributed by atoms with van der Waals surface area (Å²) in [6, 6.07) is 5.69. The van der Waals surface area contributed by atoms with Gasteiger partial charge < -0.3 is 17.4 Å². The molecule has 1 aliphatic rings. The Morgan fingerprint density at radius 3 is 1.83 bits per heavy atom. The molecule has 5 N–H and O–H groups in total. The van der Waals surface area contributed by atoms with Gasteiger partial charge in [0, 0.05) is 11.1 Å². The molecule has 2 aromatic carbocycles. The number of hydrogen-bond donors (Lipinski definition) is 4. The first kappa shape index (κ1) is 18.4. The Labute approximate surface area is 159 Å². The molecule has 3 rings (SSSR count). The molecule has 0 unspecified atom stereocenters. The number of aromatic hydroxyl groups is 2. The summed E-state index contributed by atoms with van der Waals surface area (Å²) in [6.07, 6.45) is 0. The fourth-order valence-electron chi connectivity index (χ4n) is 2.57.